The van der Waals surface area contributed by atoms with Gasteiger partial charge in [-0.1, -0.05) is 30.3 Å². The fraction of sp³-hybridized carbons (Fsp3) is 0.333. The fourth-order valence-corrected chi connectivity index (χ4v) is 3.14. The van der Waals surface area contributed by atoms with Gasteiger partial charge in [-0.3, -0.25) is 0 Å². The van der Waals surface area contributed by atoms with Crippen molar-refractivity contribution in [3.63, 3.8) is 0 Å². The standard InChI is InChI=1S/C24H28N2O5/c1-24(2,3)31-22(27)21(13-17-14-25-20-8-6-5-7-19(17)20)26-23(28)30-15-16-9-11-18(29-4)12-10-16/h5-12,14,21,25H,13,15H2,1-4H3,(H,26,28). The van der Waals surface area contributed by atoms with E-state index in [1.807, 2.05) is 42.6 Å². The maximum atomic E-state index is 12.8. The Morgan fingerprint density at radius 3 is 2.45 bits per heavy atom. The third kappa shape index (κ3) is 6.25. The highest BCUT2D eigenvalue weighted by Crippen LogP contribution is 2.20. The average Bonchev–Trinajstić information content (AvgIpc) is 3.14. The summed E-state index contributed by atoms with van der Waals surface area (Å²) in [6.07, 6.45) is 1.43. The van der Waals surface area contributed by atoms with E-state index in [1.54, 1.807) is 40.0 Å². The van der Waals surface area contributed by atoms with E-state index < -0.39 is 23.7 Å². The van der Waals surface area contributed by atoms with Gasteiger partial charge in [0.15, 0.2) is 0 Å². The number of nitrogens with one attached hydrogen (secondary N) is 2. The second-order valence-electron chi connectivity index (χ2n) is 8.22. The van der Waals surface area contributed by atoms with Crippen molar-refractivity contribution in [1.29, 1.82) is 0 Å². The van der Waals surface area contributed by atoms with Crippen LogP contribution in [0, 0.1) is 0 Å². The molecule has 0 saturated carbocycles. The molecule has 0 fully saturated rings. The van der Waals surface area contributed by atoms with Gasteiger partial charge in [0.25, 0.3) is 0 Å². The highest BCUT2D eigenvalue weighted by molar-refractivity contribution is 5.86. The number of aromatic amines is 1. The van der Waals surface area contributed by atoms with Gasteiger partial charge < -0.3 is 24.5 Å². The number of fused-ring (bicyclic) bond motifs is 1. The van der Waals surface area contributed by atoms with Crippen molar-refractivity contribution < 1.29 is 23.8 Å². The van der Waals surface area contributed by atoms with Gasteiger partial charge in [-0.05, 0) is 50.1 Å². The van der Waals surface area contributed by atoms with E-state index in [9.17, 15) is 9.59 Å². The largest absolute Gasteiger partial charge is 0.497 e. The first kappa shape index (κ1) is 22.2. The van der Waals surface area contributed by atoms with Crippen LogP contribution in [-0.2, 0) is 27.3 Å². The summed E-state index contributed by atoms with van der Waals surface area (Å²) in [5.41, 5.74) is 2.00. The lowest BCUT2D eigenvalue weighted by Gasteiger charge is -2.24. The second kappa shape index (κ2) is 9.55. The van der Waals surface area contributed by atoms with Crippen LogP contribution in [0.2, 0.25) is 0 Å². The van der Waals surface area contributed by atoms with Gasteiger partial charge in [0.05, 0.1) is 7.11 Å². The summed E-state index contributed by atoms with van der Waals surface area (Å²) in [5.74, 6) is 0.205. The Kier molecular flexibility index (Phi) is 6.84. The van der Waals surface area contributed by atoms with Gasteiger partial charge in [0.1, 0.15) is 24.0 Å². The van der Waals surface area contributed by atoms with Crippen LogP contribution in [0.25, 0.3) is 10.9 Å². The summed E-state index contributed by atoms with van der Waals surface area (Å²) in [4.78, 5) is 28.4. The predicted molar refractivity (Wildman–Crippen MR) is 118 cm³/mol. The van der Waals surface area contributed by atoms with Crippen LogP contribution < -0.4 is 10.1 Å². The molecule has 0 saturated heterocycles. The van der Waals surface area contributed by atoms with Crippen LogP contribution in [0.3, 0.4) is 0 Å². The average molecular weight is 424 g/mol. The molecular weight excluding hydrogens is 396 g/mol. The number of carbonyl (C=O) groups excluding carboxylic acids is 2. The first-order chi connectivity index (χ1) is 14.7. The van der Waals surface area contributed by atoms with E-state index in [-0.39, 0.29) is 13.0 Å². The monoisotopic (exact) mass is 424 g/mol. The number of rotatable bonds is 7. The first-order valence-electron chi connectivity index (χ1n) is 10.1. The lowest BCUT2D eigenvalue weighted by molar-refractivity contribution is -0.157. The Morgan fingerprint density at radius 2 is 1.77 bits per heavy atom. The molecule has 2 N–H and O–H groups in total. The van der Waals surface area contributed by atoms with Gasteiger partial charge in [-0.15, -0.1) is 0 Å². The zero-order valence-corrected chi connectivity index (χ0v) is 18.2. The molecule has 0 bridgehead atoms. The van der Waals surface area contributed by atoms with Gasteiger partial charge in [-0.25, -0.2) is 9.59 Å². The number of amides is 1. The summed E-state index contributed by atoms with van der Waals surface area (Å²) in [7, 11) is 1.59. The molecule has 0 spiro atoms. The second-order valence-corrected chi connectivity index (χ2v) is 8.22. The molecule has 0 aliphatic rings. The van der Waals surface area contributed by atoms with E-state index >= 15 is 0 Å². The summed E-state index contributed by atoms with van der Waals surface area (Å²) < 4.78 is 15.9. The molecule has 3 rings (SSSR count). The molecule has 1 aromatic heterocycles. The summed E-state index contributed by atoms with van der Waals surface area (Å²) >= 11 is 0. The zero-order valence-electron chi connectivity index (χ0n) is 18.2. The minimum absolute atomic E-state index is 0.0734. The topological polar surface area (TPSA) is 89.7 Å². The van der Waals surface area contributed by atoms with Crippen molar-refractivity contribution in [3.05, 3.63) is 65.9 Å². The van der Waals surface area contributed by atoms with E-state index in [2.05, 4.69) is 10.3 Å². The Hall–Kier alpha value is -3.48. The molecule has 1 atom stereocenters. The Morgan fingerprint density at radius 1 is 1.06 bits per heavy atom. The van der Waals surface area contributed by atoms with Crippen LogP contribution in [0.4, 0.5) is 4.79 Å². The number of H-pyrrole nitrogens is 1. The zero-order chi connectivity index (χ0) is 22.4. The van der Waals surface area contributed by atoms with Crippen molar-refractivity contribution in [2.45, 2.75) is 45.4 Å². The molecule has 1 heterocycles. The van der Waals surface area contributed by atoms with Crippen LogP contribution in [0.1, 0.15) is 31.9 Å². The molecule has 0 radical (unpaired) electrons. The Balaban J connectivity index is 1.69. The van der Waals surface area contributed by atoms with E-state index in [0.717, 1.165) is 27.8 Å². The van der Waals surface area contributed by atoms with Gasteiger partial charge in [-0.2, -0.15) is 0 Å². The summed E-state index contributed by atoms with van der Waals surface area (Å²) in [6, 6.07) is 14.1. The predicted octanol–water partition coefficient (Wildman–Crippen LogP) is 4.36. The molecule has 0 aliphatic carbocycles. The van der Waals surface area contributed by atoms with Gasteiger partial charge >= 0.3 is 12.1 Å². The molecule has 164 valence electrons. The number of aromatic nitrogens is 1. The molecule has 1 unspecified atom stereocenters. The number of alkyl carbamates (subject to hydrolysis) is 1. The van der Waals surface area contributed by atoms with Crippen molar-refractivity contribution in [1.82, 2.24) is 10.3 Å². The maximum absolute atomic E-state index is 12.8. The lowest BCUT2D eigenvalue weighted by Crippen LogP contribution is -2.45. The molecule has 0 aliphatic heterocycles. The number of benzene rings is 2. The number of ether oxygens (including phenoxy) is 3. The number of carbonyl (C=O) groups is 2. The third-order valence-corrected chi connectivity index (χ3v) is 4.61. The SMILES string of the molecule is COc1ccc(COC(=O)NC(Cc2c[nH]c3ccccc23)C(=O)OC(C)(C)C)cc1. The molecule has 31 heavy (non-hydrogen) atoms. The van der Waals surface area contributed by atoms with Crippen molar-refractivity contribution >= 4 is 23.0 Å². The summed E-state index contributed by atoms with van der Waals surface area (Å²) in [5, 5.41) is 3.65. The van der Waals surface area contributed by atoms with Crippen LogP contribution in [0.5, 0.6) is 5.75 Å². The molecular formula is C24H28N2O5. The molecule has 3 aromatic rings. The van der Waals surface area contributed by atoms with Gasteiger partial charge in [0.2, 0.25) is 0 Å². The molecule has 1 amide bonds. The van der Waals surface area contributed by atoms with Crippen LogP contribution in [-0.4, -0.2) is 35.8 Å². The minimum Gasteiger partial charge on any atom is -0.497 e. The molecule has 7 heteroatoms. The lowest BCUT2D eigenvalue weighted by atomic mass is 10.0. The summed E-state index contributed by atoms with van der Waals surface area (Å²) in [6.45, 7) is 5.44. The number of hydrogen-bond donors (Lipinski definition) is 2. The van der Waals surface area contributed by atoms with Crippen LogP contribution >= 0.6 is 0 Å². The maximum Gasteiger partial charge on any atom is 0.408 e. The number of methoxy groups -OCH3 is 1. The van der Waals surface area contributed by atoms with E-state index in [4.69, 9.17) is 14.2 Å². The highest BCUT2D eigenvalue weighted by Gasteiger charge is 2.28. The fourth-order valence-electron chi connectivity index (χ4n) is 3.14. The first-order valence-corrected chi connectivity index (χ1v) is 10.1. The van der Waals surface area contributed by atoms with Crippen molar-refractivity contribution in [2.75, 3.05) is 7.11 Å². The Labute approximate surface area is 181 Å². The van der Waals surface area contributed by atoms with Crippen molar-refractivity contribution in [2.24, 2.45) is 0 Å². The Bertz CT molecular complexity index is 1030. The van der Waals surface area contributed by atoms with Crippen molar-refractivity contribution in [3.8, 4) is 5.75 Å². The quantitative estimate of drug-likeness (QED) is 0.550. The number of hydrogen-bond acceptors (Lipinski definition) is 5. The van der Waals surface area contributed by atoms with Crippen LogP contribution in [0.15, 0.2) is 54.7 Å². The number of para-hydroxylation sites is 1. The smallest absolute Gasteiger partial charge is 0.408 e. The third-order valence-electron chi connectivity index (χ3n) is 4.61. The number of esters is 1. The molecule has 7 nitrogen and oxygen atoms in total. The van der Waals surface area contributed by atoms with E-state index in [0.29, 0.717) is 0 Å². The normalized spacial score (nSPS) is 12.3. The minimum atomic E-state index is -0.887. The highest BCUT2D eigenvalue weighted by atomic mass is 16.6. The van der Waals surface area contributed by atoms with E-state index in [1.165, 1.54) is 0 Å². The molecule has 2 aromatic carbocycles. The van der Waals surface area contributed by atoms with Gasteiger partial charge in [0, 0.05) is 23.5 Å².